The molecule has 2 aromatic rings. The Kier molecular flexibility index (Phi) is 5.05. The number of rotatable bonds is 5. The van der Waals surface area contributed by atoms with Crippen molar-refractivity contribution in [1.29, 1.82) is 0 Å². The smallest absolute Gasteiger partial charge is 0.137 e. The van der Waals surface area contributed by atoms with Crippen LogP contribution in [0.25, 0.3) is 0 Å². The van der Waals surface area contributed by atoms with Gasteiger partial charge in [0.2, 0.25) is 0 Å². The van der Waals surface area contributed by atoms with Crippen LogP contribution in [0.4, 0.5) is 4.39 Å². The molecule has 1 aromatic carbocycles. The first-order valence-corrected chi connectivity index (χ1v) is 7.03. The number of halogens is 2. The molecule has 0 saturated carbocycles. The Bertz CT molecular complexity index is 531. The number of nitrogens with two attached hydrogens (primary N) is 1. The lowest BCUT2D eigenvalue weighted by Gasteiger charge is -2.13. The monoisotopic (exact) mass is 322 g/mol. The highest BCUT2D eigenvalue weighted by molar-refractivity contribution is 9.10. The molecule has 1 unspecified atom stereocenters. The lowest BCUT2D eigenvalue weighted by atomic mass is 10.0. The van der Waals surface area contributed by atoms with Crippen LogP contribution < -0.4 is 5.73 Å². The van der Waals surface area contributed by atoms with Gasteiger partial charge in [0.15, 0.2) is 0 Å². The fourth-order valence-corrected chi connectivity index (χ4v) is 2.41. The van der Waals surface area contributed by atoms with E-state index in [1.807, 2.05) is 24.4 Å². The van der Waals surface area contributed by atoms with E-state index >= 15 is 0 Å². The van der Waals surface area contributed by atoms with Crippen LogP contribution in [-0.2, 0) is 12.8 Å². The fourth-order valence-electron chi connectivity index (χ4n) is 1.99. The second-order valence-electron chi connectivity index (χ2n) is 4.58. The Balaban J connectivity index is 1.91. The van der Waals surface area contributed by atoms with Crippen LogP contribution in [0.3, 0.4) is 0 Å². The van der Waals surface area contributed by atoms with E-state index in [-0.39, 0.29) is 11.9 Å². The van der Waals surface area contributed by atoms with Crippen molar-refractivity contribution in [2.24, 2.45) is 5.73 Å². The molecule has 0 aliphatic heterocycles. The van der Waals surface area contributed by atoms with Crippen molar-refractivity contribution in [1.82, 2.24) is 4.98 Å². The maximum Gasteiger partial charge on any atom is 0.137 e. The summed E-state index contributed by atoms with van der Waals surface area (Å²) < 4.78 is 13.9. The minimum Gasteiger partial charge on any atom is -0.327 e. The van der Waals surface area contributed by atoms with Crippen molar-refractivity contribution < 1.29 is 4.39 Å². The summed E-state index contributed by atoms with van der Waals surface area (Å²) >= 11 is 3.26. The van der Waals surface area contributed by atoms with Crippen LogP contribution in [0.5, 0.6) is 0 Å². The van der Waals surface area contributed by atoms with E-state index in [1.54, 1.807) is 12.3 Å². The van der Waals surface area contributed by atoms with Gasteiger partial charge in [-0.3, -0.25) is 4.98 Å². The summed E-state index contributed by atoms with van der Waals surface area (Å²) in [7, 11) is 0. The van der Waals surface area contributed by atoms with Gasteiger partial charge in [-0.1, -0.05) is 18.2 Å². The second kappa shape index (κ2) is 6.78. The molecule has 0 saturated heterocycles. The van der Waals surface area contributed by atoms with E-state index < -0.39 is 0 Å². The highest BCUT2D eigenvalue weighted by atomic mass is 79.9. The average Bonchev–Trinajstić information content (AvgIpc) is 2.43. The van der Waals surface area contributed by atoms with E-state index in [2.05, 4.69) is 20.9 Å². The third-order valence-corrected chi connectivity index (χ3v) is 3.93. The molecule has 19 heavy (non-hydrogen) atoms. The van der Waals surface area contributed by atoms with Gasteiger partial charge in [-0.05, 0) is 58.5 Å². The van der Waals surface area contributed by atoms with Crippen molar-refractivity contribution in [2.45, 2.75) is 25.3 Å². The van der Waals surface area contributed by atoms with Crippen LogP contribution in [0.15, 0.2) is 47.2 Å². The first-order chi connectivity index (χ1) is 9.16. The molecule has 0 amide bonds. The van der Waals surface area contributed by atoms with E-state index in [0.717, 1.165) is 18.4 Å². The summed E-state index contributed by atoms with van der Waals surface area (Å²) in [6, 6.07) is 9.02. The molecule has 2 rings (SSSR count). The minimum absolute atomic E-state index is 0.0123. The molecule has 1 heterocycles. The van der Waals surface area contributed by atoms with Gasteiger partial charge in [0.1, 0.15) is 5.82 Å². The number of aryl methyl sites for hydroxylation is 1. The topological polar surface area (TPSA) is 38.9 Å². The molecule has 0 radical (unpaired) electrons. The van der Waals surface area contributed by atoms with Gasteiger partial charge in [0.25, 0.3) is 0 Å². The Hall–Kier alpha value is -1.26. The van der Waals surface area contributed by atoms with E-state index in [4.69, 9.17) is 5.73 Å². The molecule has 1 aromatic heterocycles. The van der Waals surface area contributed by atoms with Gasteiger partial charge in [0.05, 0.1) is 4.47 Å². The molecule has 0 fully saturated rings. The molecule has 4 heteroatoms. The number of nitrogens with zero attached hydrogens (tertiary/aromatic N) is 1. The van der Waals surface area contributed by atoms with Gasteiger partial charge >= 0.3 is 0 Å². The van der Waals surface area contributed by atoms with Gasteiger partial charge < -0.3 is 5.73 Å². The van der Waals surface area contributed by atoms with Crippen LogP contribution in [0.1, 0.15) is 17.5 Å². The van der Waals surface area contributed by atoms with Crippen LogP contribution in [0, 0.1) is 5.82 Å². The number of hydrogen-bond acceptors (Lipinski definition) is 2. The standard InChI is InChI=1S/C15H16BrFN2/c16-15-12(4-1-5-14(15)17)9-13(18)7-6-11-3-2-8-19-10-11/h1-5,8,10,13H,6-7,9,18H2. The largest absolute Gasteiger partial charge is 0.327 e. The predicted octanol–water partition coefficient (Wildman–Crippen LogP) is 3.49. The molecular weight excluding hydrogens is 307 g/mol. The molecule has 100 valence electrons. The third kappa shape index (κ3) is 4.11. The Morgan fingerprint density at radius 2 is 2.11 bits per heavy atom. The molecule has 0 spiro atoms. The van der Waals surface area contributed by atoms with E-state index in [1.165, 1.54) is 11.6 Å². The highest BCUT2D eigenvalue weighted by Crippen LogP contribution is 2.22. The Morgan fingerprint density at radius 3 is 2.84 bits per heavy atom. The summed E-state index contributed by atoms with van der Waals surface area (Å²) in [6.45, 7) is 0. The van der Waals surface area contributed by atoms with E-state index in [0.29, 0.717) is 10.9 Å². The normalized spacial score (nSPS) is 12.4. The van der Waals surface area contributed by atoms with Crippen molar-refractivity contribution >= 4 is 15.9 Å². The molecule has 0 bridgehead atoms. The average molecular weight is 323 g/mol. The molecular formula is C15H16BrFN2. The quantitative estimate of drug-likeness (QED) is 0.915. The van der Waals surface area contributed by atoms with Crippen LogP contribution in [0.2, 0.25) is 0 Å². The Labute approximate surface area is 121 Å². The first-order valence-electron chi connectivity index (χ1n) is 6.24. The molecule has 2 nitrogen and oxygen atoms in total. The second-order valence-corrected chi connectivity index (χ2v) is 5.37. The van der Waals surface area contributed by atoms with Crippen molar-refractivity contribution in [3.05, 3.63) is 64.1 Å². The van der Waals surface area contributed by atoms with Crippen molar-refractivity contribution in [2.75, 3.05) is 0 Å². The summed E-state index contributed by atoms with van der Waals surface area (Å²) in [5, 5.41) is 0. The van der Waals surface area contributed by atoms with Crippen molar-refractivity contribution in [3.8, 4) is 0 Å². The summed E-state index contributed by atoms with van der Waals surface area (Å²) in [4.78, 5) is 4.07. The Morgan fingerprint density at radius 1 is 1.26 bits per heavy atom. The number of benzene rings is 1. The summed E-state index contributed by atoms with van der Waals surface area (Å²) in [6.07, 6.45) is 6.02. The lowest BCUT2D eigenvalue weighted by molar-refractivity contribution is 0.593. The van der Waals surface area contributed by atoms with E-state index in [9.17, 15) is 4.39 Å². The van der Waals surface area contributed by atoms with Crippen LogP contribution >= 0.6 is 15.9 Å². The maximum absolute atomic E-state index is 13.4. The number of pyridine rings is 1. The third-order valence-electron chi connectivity index (χ3n) is 3.04. The zero-order valence-electron chi connectivity index (χ0n) is 10.5. The van der Waals surface area contributed by atoms with Gasteiger partial charge in [0, 0.05) is 18.4 Å². The molecule has 0 aliphatic rings. The molecule has 1 atom stereocenters. The lowest BCUT2D eigenvalue weighted by Crippen LogP contribution is -2.23. The van der Waals surface area contributed by atoms with Crippen molar-refractivity contribution in [3.63, 3.8) is 0 Å². The summed E-state index contributed by atoms with van der Waals surface area (Å²) in [5.41, 5.74) is 8.20. The summed E-state index contributed by atoms with van der Waals surface area (Å²) in [5.74, 6) is -0.239. The number of aromatic nitrogens is 1. The zero-order valence-corrected chi connectivity index (χ0v) is 12.1. The van der Waals surface area contributed by atoms with Gasteiger partial charge in [-0.15, -0.1) is 0 Å². The zero-order chi connectivity index (χ0) is 13.7. The SMILES string of the molecule is NC(CCc1cccnc1)Cc1cccc(F)c1Br. The fraction of sp³-hybridized carbons (Fsp3) is 0.267. The van der Waals surface area contributed by atoms with Gasteiger partial charge in [-0.25, -0.2) is 4.39 Å². The highest BCUT2D eigenvalue weighted by Gasteiger charge is 2.10. The van der Waals surface area contributed by atoms with Gasteiger partial charge in [-0.2, -0.15) is 0 Å². The first kappa shape index (κ1) is 14.2. The minimum atomic E-state index is -0.239. The number of hydrogen-bond donors (Lipinski definition) is 1. The molecule has 2 N–H and O–H groups in total. The predicted molar refractivity (Wildman–Crippen MR) is 78.3 cm³/mol. The molecule has 0 aliphatic carbocycles. The van der Waals surface area contributed by atoms with Crippen LogP contribution in [-0.4, -0.2) is 11.0 Å². The maximum atomic E-state index is 13.4.